The van der Waals surface area contributed by atoms with Gasteiger partial charge >= 0.3 is 0 Å². The zero-order chi connectivity index (χ0) is 23.2. The van der Waals surface area contributed by atoms with Gasteiger partial charge < -0.3 is 14.4 Å². The normalized spacial score (nSPS) is 22.9. The van der Waals surface area contributed by atoms with Crippen molar-refractivity contribution in [2.45, 2.75) is 38.3 Å². The summed E-state index contributed by atoms with van der Waals surface area (Å²) >= 11 is 6.29. The van der Waals surface area contributed by atoms with Crippen molar-refractivity contribution in [3.05, 3.63) is 64.4 Å². The molecule has 0 aromatic heterocycles. The Kier molecular flexibility index (Phi) is 8.23. The Labute approximate surface area is 200 Å². The minimum absolute atomic E-state index is 0.0578. The van der Waals surface area contributed by atoms with Crippen molar-refractivity contribution in [2.75, 3.05) is 39.9 Å². The number of hydrogen-bond donors (Lipinski definition) is 0. The summed E-state index contributed by atoms with van der Waals surface area (Å²) in [7, 11) is 1.77. The lowest BCUT2D eigenvalue weighted by molar-refractivity contribution is -0.00676. The minimum atomic E-state index is -0.326. The van der Waals surface area contributed by atoms with E-state index < -0.39 is 0 Å². The topological polar surface area (TPSA) is 42.0 Å². The summed E-state index contributed by atoms with van der Waals surface area (Å²) in [4.78, 5) is 17.4. The summed E-state index contributed by atoms with van der Waals surface area (Å²) in [6.45, 7) is 4.17. The van der Waals surface area contributed by atoms with Crippen LogP contribution in [0.2, 0.25) is 5.02 Å². The van der Waals surface area contributed by atoms with E-state index in [4.69, 9.17) is 21.1 Å². The molecule has 2 aliphatic rings. The molecule has 2 atom stereocenters. The van der Waals surface area contributed by atoms with Crippen LogP contribution in [-0.4, -0.2) is 61.7 Å². The van der Waals surface area contributed by atoms with E-state index >= 15 is 0 Å². The second-order valence-electron chi connectivity index (χ2n) is 8.96. The molecular formula is C26H32ClFN2O3. The van der Waals surface area contributed by atoms with Crippen LogP contribution in [0.5, 0.6) is 5.75 Å². The number of methoxy groups -OCH3 is 1. The molecule has 2 heterocycles. The number of amides is 1. The molecule has 2 aliphatic heterocycles. The van der Waals surface area contributed by atoms with Crippen molar-refractivity contribution in [1.29, 1.82) is 0 Å². The third kappa shape index (κ3) is 6.25. The molecule has 0 aliphatic carbocycles. The first-order valence-electron chi connectivity index (χ1n) is 11.7. The van der Waals surface area contributed by atoms with Crippen molar-refractivity contribution >= 4 is 17.5 Å². The van der Waals surface area contributed by atoms with Crippen LogP contribution in [0.1, 0.15) is 41.6 Å². The Hall–Kier alpha value is -2.15. The second-order valence-corrected chi connectivity index (χ2v) is 9.37. The molecule has 5 nitrogen and oxygen atoms in total. The van der Waals surface area contributed by atoms with Crippen LogP contribution in [0.25, 0.3) is 0 Å². The van der Waals surface area contributed by atoms with E-state index in [1.807, 2.05) is 29.2 Å². The van der Waals surface area contributed by atoms with E-state index in [1.54, 1.807) is 13.2 Å². The first-order valence-corrected chi connectivity index (χ1v) is 12.1. The largest absolute Gasteiger partial charge is 0.492 e. The highest BCUT2D eigenvalue weighted by molar-refractivity contribution is 6.31. The molecule has 2 aromatic rings. The number of ether oxygens (including phenoxy) is 2. The first kappa shape index (κ1) is 24.0. The van der Waals surface area contributed by atoms with Gasteiger partial charge in [0.05, 0.1) is 6.10 Å². The summed E-state index contributed by atoms with van der Waals surface area (Å²) in [6.07, 6.45) is 4.14. The van der Waals surface area contributed by atoms with E-state index in [0.717, 1.165) is 44.3 Å². The molecule has 2 aromatic carbocycles. The van der Waals surface area contributed by atoms with Crippen LogP contribution in [0.15, 0.2) is 42.5 Å². The lowest BCUT2D eigenvalue weighted by Crippen LogP contribution is -2.46. The summed E-state index contributed by atoms with van der Waals surface area (Å²) < 4.78 is 25.2. The fourth-order valence-electron chi connectivity index (χ4n) is 4.88. The van der Waals surface area contributed by atoms with Crippen LogP contribution in [0.4, 0.5) is 4.39 Å². The molecule has 1 saturated heterocycles. The highest BCUT2D eigenvalue weighted by Gasteiger charge is 2.31. The summed E-state index contributed by atoms with van der Waals surface area (Å²) in [6, 6.07) is 12.0. The van der Waals surface area contributed by atoms with Gasteiger partial charge in [0.2, 0.25) is 0 Å². The number of hydrogen-bond acceptors (Lipinski definition) is 4. The van der Waals surface area contributed by atoms with Crippen molar-refractivity contribution in [3.63, 3.8) is 0 Å². The third-order valence-corrected chi connectivity index (χ3v) is 7.07. The standard InChI is InChI=1S/C26H32ClFN2O3/c1-32-25-10-12-30-18-21(25)5-2-3-11-29(17-20-8-9-22(28)16-24(20)27)13-14-33-23-7-4-6-19(15-23)26(30)31/h4,6-9,15-16,21,25H,2-3,5,10-14,17-18H2,1H3/t21-,25+/m0/s1. The summed E-state index contributed by atoms with van der Waals surface area (Å²) in [5.41, 5.74) is 1.57. The predicted octanol–water partition coefficient (Wildman–Crippen LogP) is 5.02. The molecule has 33 heavy (non-hydrogen) atoms. The van der Waals surface area contributed by atoms with Gasteiger partial charge in [-0.25, -0.2) is 4.39 Å². The molecule has 0 spiro atoms. The van der Waals surface area contributed by atoms with Gasteiger partial charge in [0.1, 0.15) is 18.2 Å². The fourth-order valence-corrected chi connectivity index (χ4v) is 5.11. The van der Waals surface area contributed by atoms with Gasteiger partial charge in [-0.1, -0.05) is 30.2 Å². The van der Waals surface area contributed by atoms with Gasteiger partial charge in [0.25, 0.3) is 5.91 Å². The van der Waals surface area contributed by atoms with Crippen LogP contribution in [0, 0.1) is 11.7 Å². The number of rotatable bonds is 3. The first-order chi connectivity index (χ1) is 16.0. The zero-order valence-electron chi connectivity index (χ0n) is 19.1. The maximum atomic E-state index is 13.5. The van der Waals surface area contributed by atoms with Crippen LogP contribution in [0.3, 0.4) is 0 Å². The number of halogens is 2. The summed E-state index contributed by atoms with van der Waals surface area (Å²) in [5, 5.41) is 0.447. The van der Waals surface area contributed by atoms with Crippen LogP contribution < -0.4 is 4.74 Å². The molecule has 4 bridgehead atoms. The van der Waals surface area contributed by atoms with Gasteiger partial charge in [-0.3, -0.25) is 9.69 Å². The summed E-state index contributed by atoms with van der Waals surface area (Å²) in [5.74, 6) is 0.756. The van der Waals surface area contributed by atoms with Crippen LogP contribution >= 0.6 is 11.6 Å². The lowest BCUT2D eigenvalue weighted by Gasteiger charge is -2.38. The van der Waals surface area contributed by atoms with Gasteiger partial charge in [-0.15, -0.1) is 0 Å². The van der Waals surface area contributed by atoms with E-state index in [1.165, 1.54) is 12.1 Å². The number of piperidine rings is 1. The Bertz CT molecular complexity index is 957. The molecule has 0 saturated carbocycles. The molecule has 0 radical (unpaired) electrons. The molecule has 4 rings (SSSR count). The Morgan fingerprint density at radius 3 is 2.82 bits per heavy atom. The van der Waals surface area contributed by atoms with Crippen molar-refractivity contribution in [3.8, 4) is 5.75 Å². The molecule has 7 heteroatoms. The average molecular weight is 475 g/mol. The maximum absolute atomic E-state index is 13.5. The Balaban J connectivity index is 1.51. The van der Waals surface area contributed by atoms with Crippen LogP contribution in [-0.2, 0) is 11.3 Å². The monoisotopic (exact) mass is 474 g/mol. The minimum Gasteiger partial charge on any atom is -0.492 e. The fraction of sp³-hybridized carbons (Fsp3) is 0.500. The lowest BCUT2D eigenvalue weighted by atomic mass is 9.89. The van der Waals surface area contributed by atoms with Crippen molar-refractivity contribution in [2.24, 2.45) is 5.92 Å². The van der Waals surface area contributed by atoms with E-state index in [-0.39, 0.29) is 17.8 Å². The van der Waals surface area contributed by atoms with Gasteiger partial charge in [-0.05, 0) is 61.7 Å². The number of carbonyl (C=O) groups excluding carboxylic acids is 1. The smallest absolute Gasteiger partial charge is 0.254 e. The highest BCUT2D eigenvalue weighted by Crippen LogP contribution is 2.27. The Morgan fingerprint density at radius 1 is 1.12 bits per heavy atom. The molecule has 178 valence electrons. The highest BCUT2D eigenvalue weighted by atomic mass is 35.5. The predicted molar refractivity (Wildman–Crippen MR) is 127 cm³/mol. The Morgan fingerprint density at radius 2 is 2.00 bits per heavy atom. The van der Waals surface area contributed by atoms with Gasteiger partial charge in [0.15, 0.2) is 0 Å². The van der Waals surface area contributed by atoms with Crippen molar-refractivity contribution < 1.29 is 18.7 Å². The maximum Gasteiger partial charge on any atom is 0.254 e. The SMILES string of the molecule is CO[C@@H]1CCN2C[C@@H]1CCCCN(Cc1ccc(F)cc1Cl)CCOc1cccc(c1)C2=O. The molecular weight excluding hydrogens is 443 g/mol. The molecule has 1 fully saturated rings. The number of benzene rings is 2. The quantitative estimate of drug-likeness (QED) is 0.626. The molecule has 1 amide bonds. The number of fused-ring (bicyclic) bond motifs is 4. The second kappa shape index (κ2) is 11.3. The molecule has 0 N–H and O–H groups in total. The van der Waals surface area contributed by atoms with Crippen molar-refractivity contribution in [1.82, 2.24) is 9.80 Å². The van der Waals surface area contributed by atoms with Gasteiger partial charge in [0, 0.05) is 49.8 Å². The van der Waals surface area contributed by atoms with E-state index in [0.29, 0.717) is 48.5 Å². The average Bonchev–Trinajstić information content (AvgIpc) is 2.82. The number of carbonyl (C=O) groups is 1. The van der Waals surface area contributed by atoms with Gasteiger partial charge in [-0.2, -0.15) is 0 Å². The zero-order valence-corrected chi connectivity index (χ0v) is 19.9. The third-order valence-electron chi connectivity index (χ3n) is 6.72. The van der Waals surface area contributed by atoms with E-state index in [9.17, 15) is 9.18 Å². The van der Waals surface area contributed by atoms with E-state index in [2.05, 4.69) is 4.90 Å². The number of nitrogens with zero attached hydrogens (tertiary/aromatic N) is 2. The molecule has 0 unspecified atom stereocenters.